The normalized spacial score (nSPS) is 17.1. The van der Waals surface area contributed by atoms with E-state index in [0.717, 1.165) is 29.6 Å². The first kappa shape index (κ1) is 18.1. The zero-order valence-corrected chi connectivity index (χ0v) is 15.3. The summed E-state index contributed by atoms with van der Waals surface area (Å²) in [5.41, 5.74) is 8.56. The lowest BCUT2D eigenvalue weighted by Gasteiger charge is -2.26. The van der Waals surface area contributed by atoms with Crippen molar-refractivity contribution in [3.05, 3.63) is 59.7 Å². The number of nitrogens with one attached hydrogen (secondary N) is 2. The Morgan fingerprint density at radius 2 is 1.96 bits per heavy atom. The predicted molar refractivity (Wildman–Crippen MR) is 103 cm³/mol. The van der Waals surface area contributed by atoms with Crippen molar-refractivity contribution in [2.75, 3.05) is 17.6 Å². The number of hydrogen-bond acceptors (Lipinski definition) is 4. The average molecular weight is 374 g/mol. The number of anilines is 1. The third kappa shape index (κ3) is 4.89. The Morgan fingerprint density at radius 3 is 2.69 bits per heavy atom. The maximum Gasteiger partial charge on any atom is 0.229 e. The van der Waals surface area contributed by atoms with Crippen molar-refractivity contribution in [2.45, 2.75) is 19.0 Å². The summed E-state index contributed by atoms with van der Waals surface area (Å²) in [6, 6.07) is 15.0. The van der Waals surface area contributed by atoms with Crippen LogP contribution < -0.4 is 20.5 Å². The number of ether oxygens (including phenoxy) is 1. The molecule has 0 saturated carbocycles. The summed E-state index contributed by atoms with van der Waals surface area (Å²) in [5, 5.41) is 3.24. The van der Waals surface area contributed by atoms with Crippen LogP contribution in [0.3, 0.4) is 0 Å². The Balaban J connectivity index is 1.61. The topological polar surface area (TPSA) is 106 Å². The molecule has 3 rings (SSSR count). The smallest absolute Gasteiger partial charge is 0.229 e. The highest BCUT2D eigenvalue weighted by Crippen LogP contribution is 2.31. The Labute approximate surface area is 153 Å². The summed E-state index contributed by atoms with van der Waals surface area (Å²) >= 11 is 0. The van der Waals surface area contributed by atoms with Crippen molar-refractivity contribution in [3.63, 3.8) is 0 Å². The predicted octanol–water partition coefficient (Wildman–Crippen LogP) is 1.99. The van der Waals surface area contributed by atoms with Gasteiger partial charge in [-0.2, -0.15) is 0 Å². The first-order valence-electron chi connectivity index (χ1n) is 8.25. The van der Waals surface area contributed by atoms with Gasteiger partial charge in [0.25, 0.3) is 0 Å². The van der Waals surface area contributed by atoms with Crippen LogP contribution >= 0.6 is 0 Å². The summed E-state index contributed by atoms with van der Waals surface area (Å²) in [5.74, 6) is 1.24. The fourth-order valence-corrected chi connectivity index (χ4v) is 3.35. The second-order valence-electron chi connectivity index (χ2n) is 6.14. The van der Waals surface area contributed by atoms with Gasteiger partial charge in [0, 0.05) is 17.7 Å². The number of sulfonamides is 1. The van der Waals surface area contributed by atoms with Gasteiger partial charge < -0.3 is 15.8 Å². The average Bonchev–Trinajstić information content (AvgIpc) is 2.60. The number of nitrogens with two attached hydrogens (primary N) is 1. The van der Waals surface area contributed by atoms with Crippen LogP contribution in [-0.2, 0) is 16.6 Å². The standard InChI is InChI=1S/C18H22N4O3S/c1-26(23,24)22-14-8-6-13(7-9-14)12-20-18(19)21-16-10-11-25-17-5-3-2-4-15(16)17/h2-9,16,22H,10-12H2,1H3,(H3,19,20,21). The molecule has 0 spiro atoms. The number of fused-ring (bicyclic) bond motifs is 1. The molecule has 0 fully saturated rings. The Bertz CT molecular complexity index is 895. The molecule has 0 bridgehead atoms. The molecule has 0 saturated heterocycles. The molecule has 1 atom stereocenters. The Kier molecular flexibility index (Phi) is 5.32. The molecule has 1 unspecified atom stereocenters. The molecule has 0 radical (unpaired) electrons. The van der Waals surface area contributed by atoms with Gasteiger partial charge in [0.05, 0.1) is 25.4 Å². The van der Waals surface area contributed by atoms with Crippen molar-refractivity contribution < 1.29 is 13.2 Å². The lowest BCUT2D eigenvalue weighted by Crippen LogP contribution is -2.37. The zero-order valence-electron chi connectivity index (χ0n) is 14.5. The minimum Gasteiger partial charge on any atom is -0.493 e. The second-order valence-corrected chi connectivity index (χ2v) is 7.89. The molecule has 1 aliphatic rings. The van der Waals surface area contributed by atoms with E-state index in [2.05, 4.69) is 15.0 Å². The summed E-state index contributed by atoms with van der Waals surface area (Å²) in [4.78, 5) is 4.37. The Hall–Kier alpha value is -2.74. The Morgan fingerprint density at radius 1 is 1.23 bits per heavy atom. The minimum atomic E-state index is -3.27. The lowest BCUT2D eigenvalue weighted by atomic mass is 10.0. The van der Waals surface area contributed by atoms with Gasteiger partial charge in [-0.25, -0.2) is 13.4 Å². The van der Waals surface area contributed by atoms with Crippen LogP contribution in [0.15, 0.2) is 53.5 Å². The lowest BCUT2D eigenvalue weighted by molar-refractivity contribution is 0.262. The number of benzene rings is 2. The maximum absolute atomic E-state index is 11.2. The van der Waals surface area contributed by atoms with E-state index in [9.17, 15) is 8.42 Å². The maximum atomic E-state index is 11.2. The molecule has 2 aromatic rings. The van der Waals surface area contributed by atoms with Gasteiger partial charge in [-0.3, -0.25) is 4.72 Å². The summed E-state index contributed by atoms with van der Waals surface area (Å²) in [7, 11) is -3.27. The van der Waals surface area contributed by atoms with E-state index in [0.29, 0.717) is 24.8 Å². The number of aliphatic imine (C=N–C) groups is 1. The number of guanidine groups is 1. The van der Waals surface area contributed by atoms with Crippen LogP contribution in [0, 0.1) is 0 Å². The number of hydrogen-bond donors (Lipinski definition) is 3. The van der Waals surface area contributed by atoms with Crippen LogP contribution in [0.4, 0.5) is 5.69 Å². The molecular formula is C18H22N4O3S. The molecule has 7 nitrogen and oxygen atoms in total. The van der Waals surface area contributed by atoms with E-state index < -0.39 is 10.0 Å². The molecule has 0 aliphatic carbocycles. The largest absolute Gasteiger partial charge is 0.493 e. The SMILES string of the molecule is CS(=O)(=O)Nc1ccc(CN=C(N)NC2CCOc3ccccc32)cc1. The van der Waals surface area contributed by atoms with Crippen LogP contribution in [-0.4, -0.2) is 27.2 Å². The molecule has 1 heterocycles. The molecule has 0 aromatic heterocycles. The van der Waals surface area contributed by atoms with E-state index >= 15 is 0 Å². The summed E-state index contributed by atoms with van der Waals surface area (Å²) in [6.45, 7) is 1.04. The molecule has 138 valence electrons. The molecule has 2 aromatic carbocycles. The van der Waals surface area contributed by atoms with Gasteiger partial charge in [-0.15, -0.1) is 0 Å². The molecule has 26 heavy (non-hydrogen) atoms. The monoisotopic (exact) mass is 374 g/mol. The quantitative estimate of drug-likeness (QED) is 0.548. The molecule has 0 amide bonds. The number of nitrogens with zero attached hydrogens (tertiary/aromatic N) is 1. The zero-order chi connectivity index (χ0) is 18.6. The van der Waals surface area contributed by atoms with Crippen molar-refractivity contribution >= 4 is 21.7 Å². The van der Waals surface area contributed by atoms with Crippen molar-refractivity contribution in [1.82, 2.24) is 5.32 Å². The van der Waals surface area contributed by atoms with Gasteiger partial charge in [0.1, 0.15) is 5.75 Å². The second kappa shape index (κ2) is 7.65. The first-order chi connectivity index (χ1) is 12.4. The van der Waals surface area contributed by atoms with E-state index in [-0.39, 0.29) is 6.04 Å². The first-order valence-corrected chi connectivity index (χ1v) is 10.1. The van der Waals surface area contributed by atoms with E-state index in [4.69, 9.17) is 10.5 Å². The van der Waals surface area contributed by atoms with Crippen LogP contribution in [0.5, 0.6) is 5.75 Å². The van der Waals surface area contributed by atoms with Gasteiger partial charge in [0.15, 0.2) is 5.96 Å². The highest BCUT2D eigenvalue weighted by atomic mass is 32.2. The van der Waals surface area contributed by atoms with Crippen molar-refractivity contribution in [2.24, 2.45) is 10.7 Å². The van der Waals surface area contributed by atoms with Crippen LogP contribution in [0.1, 0.15) is 23.6 Å². The fraction of sp³-hybridized carbons (Fsp3) is 0.278. The van der Waals surface area contributed by atoms with E-state index in [1.165, 1.54) is 0 Å². The van der Waals surface area contributed by atoms with Gasteiger partial charge in [-0.05, 0) is 23.8 Å². The summed E-state index contributed by atoms with van der Waals surface area (Å²) < 4.78 is 30.5. The van der Waals surface area contributed by atoms with Crippen molar-refractivity contribution in [1.29, 1.82) is 0 Å². The highest BCUT2D eigenvalue weighted by Gasteiger charge is 2.21. The molecule has 1 aliphatic heterocycles. The van der Waals surface area contributed by atoms with E-state index in [1.54, 1.807) is 12.1 Å². The molecular weight excluding hydrogens is 352 g/mol. The number of rotatable bonds is 5. The van der Waals surface area contributed by atoms with Gasteiger partial charge >= 0.3 is 0 Å². The number of para-hydroxylation sites is 1. The molecule has 8 heteroatoms. The summed E-state index contributed by atoms with van der Waals surface area (Å²) in [6.07, 6.45) is 1.94. The third-order valence-electron chi connectivity index (χ3n) is 3.97. The van der Waals surface area contributed by atoms with E-state index in [1.807, 2.05) is 36.4 Å². The van der Waals surface area contributed by atoms with Gasteiger partial charge in [-0.1, -0.05) is 30.3 Å². The van der Waals surface area contributed by atoms with Crippen LogP contribution in [0.25, 0.3) is 0 Å². The highest BCUT2D eigenvalue weighted by molar-refractivity contribution is 7.92. The van der Waals surface area contributed by atoms with Crippen molar-refractivity contribution in [3.8, 4) is 5.75 Å². The fourth-order valence-electron chi connectivity index (χ4n) is 2.78. The van der Waals surface area contributed by atoms with Gasteiger partial charge in [0.2, 0.25) is 10.0 Å². The molecule has 4 N–H and O–H groups in total. The minimum absolute atomic E-state index is 0.0741. The third-order valence-corrected chi connectivity index (χ3v) is 4.58. The van der Waals surface area contributed by atoms with Crippen LogP contribution in [0.2, 0.25) is 0 Å².